The molecule has 1 saturated heterocycles. The number of carbonyl (C=O) groups is 1. The highest BCUT2D eigenvalue weighted by atomic mass is 16.8. The lowest BCUT2D eigenvalue weighted by Crippen LogP contribution is -2.40. The summed E-state index contributed by atoms with van der Waals surface area (Å²) >= 11 is 0. The van der Waals surface area contributed by atoms with Crippen LogP contribution in [0, 0.1) is 0 Å². The molecule has 0 aromatic heterocycles. The summed E-state index contributed by atoms with van der Waals surface area (Å²) in [7, 11) is 0. The van der Waals surface area contributed by atoms with Crippen LogP contribution in [0.2, 0.25) is 0 Å². The van der Waals surface area contributed by atoms with Gasteiger partial charge in [0, 0.05) is 6.54 Å². The highest BCUT2D eigenvalue weighted by molar-refractivity contribution is 5.56. The minimum Gasteiger partial charge on any atom is -0.450 e. The van der Waals surface area contributed by atoms with E-state index in [4.69, 9.17) is 9.84 Å². The normalized spacial score (nSPS) is 25.8. The van der Waals surface area contributed by atoms with E-state index in [1.54, 1.807) is 0 Å². The lowest BCUT2D eigenvalue weighted by Gasteiger charge is -2.21. The first-order valence-electron chi connectivity index (χ1n) is 3.01. The van der Waals surface area contributed by atoms with Gasteiger partial charge in [-0.1, -0.05) is 0 Å². The first-order chi connectivity index (χ1) is 4.79. The van der Waals surface area contributed by atoms with Crippen molar-refractivity contribution in [2.45, 2.75) is 6.29 Å². The Morgan fingerprint density at radius 2 is 2.60 bits per heavy atom. The number of hydrogen-bond donors (Lipinski definition) is 2. The Morgan fingerprint density at radius 3 is 3.10 bits per heavy atom. The van der Waals surface area contributed by atoms with Crippen LogP contribution in [-0.4, -0.2) is 37.2 Å². The molecule has 0 aromatic rings. The van der Waals surface area contributed by atoms with Gasteiger partial charge in [0.25, 0.3) is 0 Å². The van der Waals surface area contributed by atoms with Gasteiger partial charge >= 0.3 is 6.16 Å². The molecule has 0 radical (unpaired) electrons. The van der Waals surface area contributed by atoms with Gasteiger partial charge in [0.2, 0.25) is 6.29 Å². The summed E-state index contributed by atoms with van der Waals surface area (Å²) in [4.78, 5) is 9.94. The molecule has 1 aliphatic heterocycles. The SMILES string of the molecule is O=C(O)OC1CNCCO1. The average molecular weight is 147 g/mol. The van der Waals surface area contributed by atoms with Crippen molar-refractivity contribution in [1.82, 2.24) is 5.32 Å². The van der Waals surface area contributed by atoms with E-state index in [1.165, 1.54) is 0 Å². The van der Waals surface area contributed by atoms with Gasteiger partial charge in [-0.05, 0) is 0 Å². The van der Waals surface area contributed by atoms with Gasteiger partial charge in [-0.25, -0.2) is 4.79 Å². The van der Waals surface area contributed by atoms with Crippen molar-refractivity contribution in [3.05, 3.63) is 0 Å². The highest BCUT2D eigenvalue weighted by Crippen LogP contribution is 1.97. The molecule has 1 rings (SSSR count). The summed E-state index contributed by atoms with van der Waals surface area (Å²) < 4.78 is 9.25. The third-order valence-corrected chi connectivity index (χ3v) is 1.13. The minimum absolute atomic E-state index is 0.437. The number of ether oxygens (including phenoxy) is 2. The standard InChI is InChI=1S/C5H9NO4/c7-5(8)10-4-3-6-1-2-9-4/h4,6H,1-3H2,(H,7,8). The van der Waals surface area contributed by atoms with E-state index in [1.807, 2.05) is 0 Å². The van der Waals surface area contributed by atoms with Crippen molar-refractivity contribution < 1.29 is 19.4 Å². The van der Waals surface area contributed by atoms with Crippen LogP contribution in [0.25, 0.3) is 0 Å². The number of morpholine rings is 1. The predicted molar refractivity (Wildman–Crippen MR) is 31.7 cm³/mol. The first kappa shape index (κ1) is 7.30. The second kappa shape index (κ2) is 3.38. The highest BCUT2D eigenvalue weighted by Gasteiger charge is 2.16. The summed E-state index contributed by atoms with van der Waals surface area (Å²) in [6.07, 6.45) is -1.93. The van der Waals surface area contributed by atoms with Crippen molar-refractivity contribution >= 4 is 6.16 Å². The van der Waals surface area contributed by atoms with Gasteiger partial charge < -0.3 is 19.9 Å². The van der Waals surface area contributed by atoms with Crippen molar-refractivity contribution in [1.29, 1.82) is 0 Å². The molecule has 1 unspecified atom stereocenters. The second-order valence-electron chi connectivity index (χ2n) is 1.89. The molecule has 0 spiro atoms. The number of hydrogen-bond acceptors (Lipinski definition) is 4. The summed E-state index contributed by atoms with van der Waals surface area (Å²) in [5, 5.41) is 11.1. The Bertz CT molecular complexity index is 121. The van der Waals surface area contributed by atoms with E-state index in [-0.39, 0.29) is 0 Å². The second-order valence-corrected chi connectivity index (χ2v) is 1.89. The maximum atomic E-state index is 9.94. The Morgan fingerprint density at radius 1 is 1.80 bits per heavy atom. The van der Waals surface area contributed by atoms with Gasteiger partial charge in [0.15, 0.2) is 0 Å². The minimum atomic E-state index is -1.30. The molecule has 2 N–H and O–H groups in total. The Kier molecular flexibility index (Phi) is 2.47. The summed E-state index contributed by atoms with van der Waals surface area (Å²) in [6.45, 7) is 1.68. The maximum Gasteiger partial charge on any atom is 0.508 e. The molecule has 1 aliphatic rings. The molecule has 58 valence electrons. The quantitative estimate of drug-likeness (QED) is 0.495. The van der Waals surface area contributed by atoms with Crippen LogP contribution in [0.3, 0.4) is 0 Å². The molecule has 0 amide bonds. The smallest absolute Gasteiger partial charge is 0.450 e. The van der Waals surface area contributed by atoms with Crippen LogP contribution in [0.1, 0.15) is 0 Å². The van der Waals surface area contributed by atoms with Crippen LogP contribution in [0.5, 0.6) is 0 Å². The van der Waals surface area contributed by atoms with Gasteiger partial charge in [0.1, 0.15) is 0 Å². The van der Waals surface area contributed by atoms with E-state index in [9.17, 15) is 4.79 Å². The molecule has 0 aliphatic carbocycles. The molecular weight excluding hydrogens is 138 g/mol. The lowest BCUT2D eigenvalue weighted by molar-refractivity contribution is -0.127. The molecule has 10 heavy (non-hydrogen) atoms. The van der Waals surface area contributed by atoms with Crippen LogP contribution in [0.15, 0.2) is 0 Å². The van der Waals surface area contributed by atoms with Crippen molar-refractivity contribution in [3.63, 3.8) is 0 Å². The number of rotatable bonds is 1. The van der Waals surface area contributed by atoms with Gasteiger partial charge in [-0.3, -0.25) is 0 Å². The van der Waals surface area contributed by atoms with Crippen molar-refractivity contribution in [2.75, 3.05) is 19.7 Å². The fraction of sp³-hybridized carbons (Fsp3) is 0.800. The summed E-state index contributed by atoms with van der Waals surface area (Å²) in [5.41, 5.74) is 0. The molecule has 5 nitrogen and oxygen atoms in total. The van der Waals surface area contributed by atoms with E-state index in [2.05, 4.69) is 10.1 Å². The largest absolute Gasteiger partial charge is 0.508 e. The van der Waals surface area contributed by atoms with E-state index in [0.29, 0.717) is 13.2 Å². The number of carboxylic acid groups (broad SMARTS) is 1. The predicted octanol–water partition coefficient (Wildman–Crippen LogP) is -0.373. The Balaban J connectivity index is 2.19. The van der Waals surface area contributed by atoms with Gasteiger partial charge in [-0.2, -0.15) is 0 Å². The molecule has 5 heteroatoms. The van der Waals surface area contributed by atoms with Crippen LogP contribution in [0.4, 0.5) is 4.79 Å². The maximum absolute atomic E-state index is 9.94. The van der Waals surface area contributed by atoms with Crippen LogP contribution >= 0.6 is 0 Å². The Labute approximate surface area is 57.9 Å². The molecule has 1 atom stereocenters. The molecule has 0 saturated carbocycles. The van der Waals surface area contributed by atoms with Crippen molar-refractivity contribution in [3.8, 4) is 0 Å². The third-order valence-electron chi connectivity index (χ3n) is 1.13. The van der Waals surface area contributed by atoms with Gasteiger partial charge in [-0.15, -0.1) is 0 Å². The molecule has 0 bridgehead atoms. The molecule has 1 fully saturated rings. The summed E-state index contributed by atoms with van der Waals surface area (Å²) in [5.74, 6) is 0. The summed E-state index contributed by atoms with van der Waals surface area (Å²) in [6, 6.07) is 0. The van der Waals surface area contributed by atoms with E-state index < -0.39 is 12.4 Å². The van der Waals surface area contributed by atoms with Gasteiger partial charge in [0.05, 0.1) is 13.2 Å². The number of nitrogens with one attached hydrogen (secondary N) is 1. The monoisotopic (exact) mass is 147 g/mol. The van der Waals surface area contributed by atoms with Crippen LogP contribution in [-0.2, 0) is 9.47 Å². The fourth-order valence-electron chi connectivity index (χ4n) is 0.730. The zero-order valence-corrected chi connectivity index (χ0v) is 5.37. The molecule has 0 aromatic carbocycles. The first-order valence-corrected chi connectivity index (χ1v) is 3.01. The average Bonchev–Trinajstić information content (AvgIpc) is 1.88. The zero-order chi connectivity index (χ0) is 7.40. The van der Waals surface area contributed by atoms with E-state index >= 15 is 0 Å². The van der Waals surface area contributed by atoms with Crippen molar-refractivity contribution in [2.24, 2.45) is 0 Å². The zero-order valence-electron chi connectivity index (χ0n) is 5.37. The van der Waals surface area contributed by atoms with Crippen LogP contribution < -0.4 is 5.32 Å². The fourth-order valence-corrected chi connectivity index (χ4v) is 0.730. The molecular formula is C5H9NO4. The lowest BCUT2D eigenvalue weighted by atomic mass is 10.5. The Hall–Kier alpha value is -0.810. The topological polar surface area (TPSA) is 67.8 Å². The third kappa shape index (κ3) is 2.20. The van der Waals surface area contributed by atoms with E-state index in [0.717, 1.165) is 6.54 Å². The molecule has 1 heterocycles.